The number of sulfonamides is 1. The molecule has 1 spiro atoms. The van der Waals surface area contributed by atoms with E-state index in [0.29, 0.717) is 37.0 Å². The molecule has 4 rings (SSSR count). The lowest BCUT2D eigenvalue weighted by Gasteiger charge is -2.52. The summed E-state index contributed by atoms with van der Waals surface area (Å²) >= 11 is 0. The van der Waals surface area contributed by atoms with E-state index in [2.05, 4.69) is 0 Å². The van der Waals surface area contributed by atoms with Crippen LogP contribution in [0.25, 0.3) is 0 Å². The summed E-state index contributed by atoms with van der Waals surface area (Å²) in [5.41, 5.74) is -1.73. The van der Waals surface area contributed by atoms with Crippen LogP contribution in [0.1, 0.15) is 50.2 Å². The Kier molecular flexibility index (Phi) is 5.74. The zero-order valence-corrected chi connectivity index (χ0v) is 18.6. The minimum atomic E-state index is -4.62. The number of rotatable bonds is 2. The van der Waals surface area contributed by atoms with Crippen LogP contribution in [-0.2, 0) is 21.6 Å². The largest absolute Gasteiger partial charge is 0.416 e. The molecular weight excluding hydrogens is 468 g/mol. The molecule has 3 unspecified atom stereocenters. The smallest absolute Gasteiger partial charge is 0.263 e. The van der Waals surface area contributed by atoms with Gasteiger partial charge in [-0.25, -0.2) is 8.42 Å². The SMILES string of the molecule is CC1CC2(CCCCC2C(F)(F)F)c2ccccc2N1S(=O)(=O)c1ccc(C(F)(F)F)cc1. The Morgan fingerprint density at radius 3 is 2.18 bits per heavy atom. The highest BCUT2D eigenvalue weighted by Crippen LogP contribution is 2.58. The van der Waals surface area contributed by atoms with Crippen LogP contribution in [0.15, 0.2) is 53.4 Å². The summed E-state index contributed by atoms with van der Waals surface area (Å²) in [6, 6.07) is 8.54. The average molecular weight is 491 g/mol. The number of halogens is 6. The van der Waals surface area contributed by atoms with Gasteiger partial charge >= 0.3 is 12.4 Å². The van der Waals surface area contributed by atoms with Crippen LogP contribution in [0.4, 0.5) is 32.0 Å². The zero-order valence-electron chi connectivity index (χ0n) is 17.7. The molecule has 0 radical (unpaired) electrons. The van der Waals surface area contributed by atoms with Crippen molar-refractivity contribution in [3.8, 4) is 0 Å². The van der Waals surface area contributed by atoms with Gasteiger partial charge in [-0.1, -0.05) is 31.0 Å². The highest BCUT2D eigenvalue weighted by atomic mass is 32.2. The van der Waals surface area contributed by atoms with Gasteiger partial charge in [0.25, 0.3) is 10.0 Å². The molecular formula is C23H23F6NO2S. The quantitative estimate of drug-likeness (QED) is 0.440. The Hall–Kier alpha value is -2.23. The van der Waals surface area contributed by atoms with Crippen molar-refractivity contribution < 1.29 is 34.8 Å². The van der Waals surface area contributed by atoms with Crippen LogP contribution in [0.2, 0.25) is 0 Å². The summed E-state index contributed by atoms with van der Waals surface area (Å²) in [7, 11) is -4.31. The van der Waals surface area contributed by atoms with Gasteiger partial charge in [-0.05, 0) is 62.1 Å². The molecule has 33 heavy (non-hydrogen) atoms. The van der Waals surface area contributed by atoms with Crippen molar-refractivity contribution >= 4 is 15.7 Å². The molecule has 1 fully saturated rings. The molecule has 2 aromatic rings. The van der Waals surface area contributed by atoms with E-state index in [1.54, 1.807) is 25.1 Å². The Bertz CT molecular complexity index is 1130. The van der Waals surface area contributed by atoms with Crippen molar-refractivity contribution in [3.05, 3.63) is 59.7 Å². The van der Waals surface area contributed by atoms with Crippen LogP contribution >= 0.6 is 0 Å². The lowest BCUT2D eigenvalue weighted by atomic mass is 9.58. The molecule has 0 amide bonds. The monoisotopic (exact) mass is 491 g/mol. The van der Waals surface area contributed by atoms with Crippen LogP contribution in [0.5, 0.6) is 0 Å². The summed E-state index contributed by atoms with van der Waals surface area (Å²) in [6.07, 6.45) is -7.72. The van der Waals surface area contributed by atoms with Crippen LogP contribution in [0.3, 0.4) is 0 Å². The molecule has 3 atom stereocenters. The van der Waals surface area contributed by atoms with Gasteiger partial charge in [0.1, 0.15) is 0 Å². The number of anilines is 1. The minimum absolute atomic E-state index is 0.0177. The second-order valence-electron chi connectivity index (χ2n) is 8.89. The molecule has 1 heterocycles. The molecule has 0 bridgehead atoms. The van der Waals surface area contributed by atoms with Crippen molar-refractivity contribution in [1.82, 2.24) is 0 Å². The first-order chi connectivity index (χ1) is 15.3. The first-order valence-corrected chi connectivity index (χ1v) is 12.1. The molecule has 1 aliphatic carbocycles. The van der Waals surface area contributed by atoms with Gasteiger partial charge in [-0.15, -0.1) is 0 Å². The second kappa shape index (κ2) is 7.92. The van der Waals surface area contributed by atoms with Gasteiger partial charge < -0.3 is 0 Å². The van der Waals surface area contributed by atoms with Crippen molar-refractivity contribution in [3.63, 3.8) is 0 Å². The van der Waals surface area contributed by atoms with Gasteiger partial charge in [0.05, 0.1) is 22.1 Å². The van der Waals surface area contributed by atoms with Gasteiger partial charge in [0, 0.05) is 11.5 Å². The molecule has 0 aromatic heterocycles. The maximum absolute atomic E-state index is 14.1. The van der Waals surface area contributed by atoms with E-state index in [0.717, 1.165) is 16.4 Å². The molecule has 10 heteroatoms. The highest BCUT2D eigenvalue weighted by molar-refractivity contribution is 7.92. The second-order valence-corrected chi connectivity index (χ2v) is 10.7. The number of hydrogen-bond donors (Lipinski definition) is 0. The Balaban J connectivity index is 1.83. The third-order valence-electron chi connectivity index (χ3n) is 6.90. The summed E-state index contributed by atoms with van der Waals surface area (Å²) < 4.78 is 109. The van der Waals surface area contributed by atoms with E-state index in [-0.39, 0.29) is 23.4 Å². The lowest BCUT2D eigenvalue weighted by Crippen LogP contribution is -2.55. The Morgan fingerprint density at radius 1 is 0.939 bits per heavy atom. The summed E-state index contributed by atoms with van der Waals surface area (Å²) in [6.45, 7) is 1.56. The normalized spacial score (nSPS) is 26.3. The highest BCUT2D eigenvalue weighted by Gasteiger charge is 2.58. The van der Waals surface area contributed by atoms with E-state index < -0.39 is 45.3 Å². The topological polar surface area (TPSA) is 37.4 Å². The van der Waals surface area contributed by atoms with Crippen molar-refractivity contribution in [1.29, 1.82) is 0 Å². The number of hydrogen-bond acceptors (Lipinski definition) is 2. The molecule has 2 aliphatic rings. The predicted molar refractivity (Wildman–Crippen MR) is 111 cm³/mol. The van der Waals surface area contributed by atoms with Gasteiger partial charge in [-0.3, -0.25) is 4.31 Å². The molecule has 180 valence electrons. The average Bonchev–Trinajstić information content (AvgIpc) is 2.72. The van der Waals surface area contributed by atoms with Crippen molar-refractivity contribution in [2.24, 2.45) is 5.92 Å². The maximum Gasteiger partial charge on any atom is 0.416 e. The van der Waals surface area contributed by atoms with E-state index in [9.17, 15) is 34.8 Å². The summed E-state index contributed by atoms with van der Waals surface area (Å²) in [4.78, 5) is -0.343. The third-order valence-corrected chi connectivity index (χ3v) is 8.85. The lowest BCUT2D eigenvalue weighted by molar-refractivity contribution is -0.204. The Morgan fingerprint density at radius 2 is 1.58 bits per heavy atom. The van der Waals surface area contributed by atoms with Crippen LogP contribution in [-0.4, -0.2) is 20.6 Å². The zero-order chi connectivity index (χ0) is 24.2. The summed E-state index contributed by atoms with van der Waals surface area (Å²) in [5.74, 6) is -1.58. The fourth-order valence-corrected chi connectivity index (χ4v) is 7.30. The number of alkyl halides is 6. The van der Waals surface area contributed by atoms with Crippen LogP contribution < -0.4 is 4.31 Å². The van der Waals surface area contributed by atoms with Crippen LogP contribution in [0, 0.1) is 5.92 Å². The first-order valence-electron chi connectivity index (χ1n) is 10.7. The maximum atomic E-state index is 14.1. The molecule has 3 nitrogen and oxygen atoms in total. The molecule has 2 aromatic carbocycles. The number of benzene rings is 2. The van der Waals surface area contributed by atoms with Gasteiger partial charge in [0.2, 0.25) is 0 Å². The van der Waals surface area contributed by atoms with Gasteiger partial charge in [-0.2, -0.15) is 26.3 Å². The number of fused-ring (bicyclic) bond motifs is 2. The standard InChI is InChI=1S/C23H23F6NO2S/c1-15-14-21(13-5-4-8-20(21)23(27,28)29)18-6-2-3-7-19(18)30(15)33(31,32)17-11-9-16(10-12-17)22(24,25)26/h2-3,6-7,9-12,15,20H,4-5,8,13-14H2,1H3. The van der Waals surface area contributed by atoms with E-state index in [1.165, 1.54) is 6.07 Å². The van der Waals surface area contributed by atoms with E-state index >= 15 is 0 Å². The van der Waals surface area contributed by atoms with E-state index in [4.69, 9.17) is 0 Å². The Labute approximate surface area is 188 Å². The number of para-hydroxylation sites is 1. The molecule has 1 saturated carbocycles. The molecule has 0 saturated heterocycles. The van der Waals surface area contributed by atoms with Crippen molar-refractivity contribution in [2.45, 2.75) is 67.7 Å². The fourth-order valence-electron chi connectivity index (χ4n) is 5.62. The number of nitrogens with zero attached hydrogens (tertiary/aromatic N) is 1. The van der Waals surface area contributed by atoms with Gasteiger partial charge in [0.15, 0.2) is 0 Å². The first kappa shape index (κ1) is 23.9. The fraction of sp³-hybridized carbons (Fsp3) is 0.478. The predicted octanol–water partition coefficient (Wildman–Crippen LogP) is 6.68. The minimum Gasteiger partial charge on any atom is -0.263 e. The molecule has 0 N–H and O–H groups in total. The van der Waals surface area contributed by atoms with Crippen molar-refractivity contribution in [2.75, 3.05) is 4.31 Å². The van der Waals surface area contributed by atoms with E-state index in [1.807, 2.05) is 0 Å². The molecule has 1 aliphatic heterocycles. The third kappa shape index (κ3) is 4.00. The summed E-state index contributed by atoms with van der Waals surface area (Å²) in [5, 5.41) is 0.